The predicted molar refractivity (Wildman–Crippen MR) is 92.7 cm³/mol. The molecule has 2 N–H and O–H groups in total. The lowest BCUT2D eigenvalue weighted by Crippen LogP contribution is -2.41. The van der Waals surface area contributed by atoms with Crippen LogP contribution in [0.4, 0.5) is 0 Å². The summed E-state index contributed by atoms with van der Waals surface area (Å²) in [6, 6.07) is 4.08. The second-order valence-electron chi connectivity index (χ2n) is 7.47. The van der Waals surface area contributed by atoms with Gasteiger partial charge in [0.15, 0.2) is 0 Å². The molecule has 134 valence electrons. The van der Waals surface area contributed by atoms with Gasteiger partial charge in [-0.1, -0.05) is 19.3 Å². The predicted octanol–water partition coefficient (Wildman–Crippen LogP) is 2.93. The van der Waals surface area contributed by atoms with Gasteiger partial charge in [-0.15, -0.1) is 0 Å². The molecule has 1 aliphatic heterocycles. The first-order valence-corrected chi connectivity index (χ1v) is 9.35. The van der Waals surface area contributed by atoms with Gasteiger partial charge >= 0.3 is 0 Å². The molecule has 1 unspecified atom stereocenters. The second kappa shape index (κ2) is 7.70. The van der Waals surface area contributed by atoms with Gasteiger partial charge in [0.1, 0.15) is 11.5 Å². The smallest absolute Gasteiger partial charge is 0.222 e. The molecule has 0 aromatic carbocycles. The number of amides is 1. The van der Waals surface area contributed by atoms with Crippen LogP contribution in [-0.4, -0.2) is 41.1 Å². The molecule has 0 bridgehead atoms. The summed E-state index contributed by atoms with van der Waals surface area (Å²) in [6.07, 6.45) is 7.31. The number of carbonyl (C=O) groups is 1. The summed E-state index contributed by atoms with van der Waals surface area (Å²) in [5.74, 6) is 1.77. The molecule has 1 saturated carbocycles. The van der Waals surface area contributed by atoms with E-state index in [4.69, 9.17) is 4.42 Å². The maximum absolute atomic E-state index is 12.4. The van der Waals surface area contributed by atoms with Gasteiger partial charge in [-0.2, -0.15) is 0 Å². The zero-order valence-electron chi connectivity index (χ0n) is 14.7. The molecule has 1 aromatic heterocycles. The van der Waals surface area contributed by atoms with E-state index in [9.17, 15) is 9.90 Å². The Hall–Kier alpha value is -1.33. The molecule has 1 aromatic rings. The van der Waals surface area contributed by atoms with Crippen LogP contribution >= 0.6 is 0 Å². The second-order valence-corrected chi connectivity index (χ2v) is 7.47. The molecule has 1 atom stereocenters. The SMILES string of the molecule is Cc1ccc(C(CNC(=O)CC2(O)CCCCC2)N2CCCC2)o1. The lowest BCUT2D eigenvalue weighted by atomic mass is 9.82. The zero-order chi connectivity index (χ0) is 17.0. The number of likely N-dealkylation sites (tertiary alicyclic amines) is 1. The van der Waals surface area contributed by atoms with E-state index in [1.807, 2.05) is 19.1 Å². The number of carbonyl (C=O) groups excluding carboxylic acids is 1. The molecule has 2 aliphatic rings. The van der Waals surface area contributed by atoms with E-state index < -0.39 is 5.60 Å². The van der Waals surface area contributed by atoms with Crippen LogP contribution in [0.5, 0.6) is 0 Å². The summed E-state index contributed by atoms with van der Waals surface area (Å²) in [5, 5.41) is 13.6. The Kier molecular flexibility index (Phi) is 5.61. The number of aliphatic hydroxyl groups is 1. The third-order valence-electron chi connectivity index (χ3n) is 5.44. The minimum Gasteiger partial charge on any atom is -0.465 e. The van der Waals surface area contributed by atoms with Crippen LogP contribution in [0, 0.1) is 6.92 Å². The van der Waals surface area contributed by atoms with Crippen molar-refractivity contribution in [1.82, 2.24) is 10.2 Å². The van der Waals surface area contributed by atoms with E-state index in [0.29, 0.717) is 6.54 Å². The van der Waals surface area contributed by atoms with Crippen molar-refractivity contribution in [1.29, 1.82) is 0 Å². The molecule has 5 nitrogen and oxygen atoms in total. The van der Waals surface area contributed by atoms with Gasteiger partial charge in [-0.25, -0.2) is 0 Å². The van der Waals surface area contributed by atoms with Crippen LogP contribution in [0.15, 0.2) is 16.5 Å². The summed E-state index contributed by atoms with van der Waals surface area (Å²) in [7, 11) is 0. The Morgan fingerprint density at radius 3 is 2.58 bits per heavy atom. The fourth-order valence-corrected chi connectivity index (χ4v) is 4.05. The third-order valence-corrected chi connectivity index (χ3v) is 5.44. The highest BCUT2D eigenvalue weighted by molar-refractivity contribution is 5.77. The minimum absolute atomic E-state index is 0.0492. The van der Waals surface area contributed by atoms with E-state index in [-0.39, 0.29) is 18.4 Å². The average Bonchev–Trinajstić information content (AvgIpc) is 3.20. The zero-order valence-corrected chi connectivity index (χ0v) is 14.7. The van der Waals surface area contributed by atoms with Gasteiger partial charge in [0, 0.05) is 6.54 Å². The number of nitrogens with one attached hydrogen (secondary N) is 1. The molecular weight excluding hydrogens is 304 g/mol. The lowest BCUT2D eigenvalue weighted by Gasteiger charge is -2.32. The van der Waals surface area contributed by atoms with E-state index in [2.05, 4.69) is 10.2 Å². The van der Waals surface area contributed by atoms with E-state index in [0.717, 1.165) is 50.3 Å². The summed E-state index contributed by atoms with van der Waals surface area (Å²) in [4.78, 5) is 14.7. The number of hydrogen-bond acceptors (Lipinski definition) is 4. The largest absolute Gasteiger partial charge is 0.465 e. The summed E-state index contributed by atoms with van der Waals surface area (Å²) >= 11 is 0. The Labute approximate surface area is 144 Å². The molecule has 0 radical (unpaired) electrons. The van der Waals surface area contributed by atoms with Crippen LogP contribution in [-0.2, 0) is 4.79 Å². The van der Waals surface area contributed by atoms with Crippen LogP contribution in [0.1, 0.15) is 68.9 Å². The van der Waals surface area contributed by atoms with Gasteiger partial charge in [0.05, 0.1) is 18.1 Å². The highest BCUT2D eigenvalue weighted by Crippen LogP contribution is 2.31. The highest BCUT2D eigenvalue weighted by Gasteiger charge is 2.32. The molecule has 1 saturated heterocycles. The number of furan rings is 1. The first kappa shape index (κ1) is 17.5. The van der Waals surface area contributed by atoms with Gasteiger partial charge in [0.2, 0.25) is 5.91 Å². The van der Waals surface area contributed by atoms with Crippen LogP contribution in [0.25, 0.3) is 0 Å². The first-order chi connectivity index (χ1) is 11.6. The first-order valence-electron chi connectivity index (χ1n) is 9.35. The van der Waals surface area contributed by atoms with E-state index in [1.54, 1.807) is 0 Å². The van der Waals surface area contributed by atoms with E-state index in [1.165, 1.54) is 19.3 Å². The van der Waals surface area contributed by atoms with Gasteiger partial charge in [-0.3, -0.25) is 9.69 Å². The molecule has 5 heteroatoms. The standard InChI is InChI=1S/C19H30N2O3/c1-15-7-8-17(24-15)16(21-11-5-6-12-21)14-20-18(22)13-19(23)9-3-2-4-10-19/h7-8,16,23H,2-6,9-14H2,1H3,(H,20,22). The number of aryl methyl sites for hydroxylation is 1. The lowest BCUT2D eigenvalue weighted by molar-refractivity contribution is -0.127. The fourth-order valence-electron chi connectivity index (χ4n) is 4.05. The molecule has 1 amide bonds. The Morgan fingerprint density at radius 2 is 1.96 bits per heavy atom. The van der Waals surface area contributed by atoms with Crippen LogP contribution in [0.3, 0.4) is 0 Å². The molecule has 24 heavy (non-hydrogen) atoms. The quantitative estimate of drug-likeness (QED) is 0.839. The van der Waals surface area contributed by atoms with Crippen molar-refractivity contribution in [3.63, 3.8) is 0 Å². The van der Waals surface area contributed by atoms with Crippen LogP contribution in [0.2, 0.25) is 0 Å². The van der Waals surface area contributed by atoms with Crippen molar-refractivity contribution in [2.75, 3.05) is 19.6 Å². The van der Waals surface area contributed by atoms with Gasteiger partial charge in [-0.05, 0) is 57.8 Å². The van der Waals surface area contributed by atoms with Crippen molar-refractivity contribution in [2.45, 2.75) is 69.9 Å². The Balaban J connectivity index is 1.57. The highest BCUT2D eigenvalue weighted by atomic mass is 16.3. The molecule has 1 aliphatic carbocycles. The monoisotopic (exact) mass is 334 g/mol. The van der Waals surface area contributed by atoms with Crippen molar-refractivity contribution in [3.8, 4) is 0 Å². The molecule has 2 heterocycles. The Morgan fingerprint density at radius 1 is 1.25 bits per heavy atom. The number of hydrogen-bond donors (Lipinski definition) is 2. The van der Waals surface area contributed by atoms with Crippen LogP contribution < -0.4 is 5.32 Å². The molecule has 0 spiro atoms. The number of rotatable bonds is 6. The van der Waals surface area contributed by atoms with Gasteiger partial charge in [0.25, 0.3) is 0 Å². The van der Waals surface area contributed by atoms with Crippen molar-refractivity contribution in [2.24, 2.45) is 0 Å². The Bertz CT molecular complexity index is 543. The maximum Gasteiger partial charge on any atom is 0.222 e. The minimum atomic E-state index is -0.799. The number of nitrogens with zero attached hydrogens (tertiary/aromatic N) is 1. The summed E-state index contributed by atoms with van der Waals surface area (Å²) in [5.41, 5.74) is -0.799. The average molecular weight is 334 g/mol. The van der Waals surface area contributed by atoms with Crippen molar-refractivity contribution >= 4 is 5.91 Å². The van der Waals surface area contributed by atoms with Crippen molar-refractivity contribution < 1.29 is 14.3 Å². The molecule has 2 fully saturated rings. The maximum atomic E-state index is 12.4. The topological polar surface area (TPSA) is 65.7 Å². The van der Waals surface area contributed by atoms with E-state index >= 15 is 0 Å². The summed E-state index contributed by atoms with van der Waals surface area (Å²) in [6.45, 7) is 4.58. The molecule has 3 rings (SSSR count). The normalized spacial score (nSPS) is 22.4. The van der Waals surface area contributed by atoms with Crippen molar-refractivity contribution in [3.05, 3.63) is 23.7 Å². The molecular formula is C19H30N2O3. The fraction of sp³-hybridized carbons (Fsp3) is 0.737. The summed E-state index contributed by atoms with van der Waals surface area (Å²) < 4.78 is 5.82. The third kappa shape index (κ3) is 4.39. The van der Waals surface area contributed by atoms with Gasteiger partial charge < -0.3 is 14.8 Å².